The molecule has 0 aliphatic rings. The maximum absolute atomic E-state index is 11.9. The fraction of sp³-hybridized carbons (Fsp3) is 0.235. The molecule has 110 valence electrons. The van der Waals surface area contributed by atoms with E-state index in [0.717, 1.165) is 22.4 Å². The quantitative estimate of drug-likeness (QED) is 0.847. The van der Waals surface area contributed by atoms with Crippen molar-refractivity contribution in [2.24, 2.45) is 0 Å². The van der Waals surface area contributed by atoms with Gasteiger partial charge in [0, 0.05) is 11.4 Å². The number of anilines is 2. The number of amides is 1. The van der Waals surface area contributed by atoms with Crippen LogP contribution >= 0.6 is 0 Å². The maximum Gasteiger partial charge on any atom is 0.262 e. The first-order valence-electron chi connectivity index (χ1n) is 6.82. The highest BCUT2D eigenvalue weighted by atomic mass is 16.5. The first-order chi connectivity index (χ1) is 9.95. The second kappa shape index (κ2) is 6.31. The van der Waals surface area contributed by atoms with Crippen molar-refractivity contribution in [3.8, 4) is 5.75 Å². The molecule has 0 aromatic heterocycles. The fourth-order valence-corrected chi connectivity index (χ4v) is 2.27. The second-order valence-corrected chi connectivity index (χ2v) is 5.19. The molecule has 2 rings (SSSR count). The van der Waals surface area contributed by atoms with Gasteiger partial charge in [-0.25, -0.2) is 0 Å². The van der Waals surface area contributed by atoms with E-state index in [0.29, 0.717) is 11.4 Å². The third-order valence-corrected chi connectivity index (χ3v) is 3.13. The molecule has 2 aromatic carbocycles. The summed E-state index contributed by atoms with van der Waals surface area (Å²) in [7, 11) is 0. The molecule has 21 heavy (non-hydrogen) atoms. The van der Waals surface area contributed by atoms with Gasteiger partial charge in [0.05, 0.1) is 0 Å². The Kier molecular flexibility index (Phi) is 4.48. The van der Waals surface area contributed by atoms with Gasteiger partial charge in [0.15, 0.2) is 6.61 Å². The van der Waals surface area contributed by atoms with Crippen LogP contribution in [0.3, 0.4) is 0 Å². The van der Waals surface area contributed by atoms with Crippen LogP contribution in [0.2, 0.25) is 0 Å². The number of nitrogens with two attached hydrogens (primary N) is 1. The molecule has 0 heterocycles. The fourth-order valence-electron chi connectivity index (χ4n) is 2.27. The van der Waals surface area contributed by atoms with E-state index in [1.165, 1.54) is 0 Å². The zero-order chi connectivity index (χ0) is 15.4. The van der Waals surface area contributed by atoms with Crippen molar-refractivity contribution in [1.29, 1.82) is 0 Å². The monoisotopic (exact) mass is 284 g/mol. The van der Waals surface area contributed by atoms with Gasteiger partial charge in [0.1, 0.15) is 5.75 Å². The van der Waals surface area contributed by atoms with E-state index >= 15 is 0 Å². The molecule has 0 aliphatic carbocycles. The summed E-state index contributed by atoms with van der Waals surface area (Å²) in [6, 6.07) is 11.3. The topological polar surface area (TPSA) is 64.3 Å². The summed E-state index contributed by atoms with van der Waals surface area (Å²) in [6.07, 6.45) is 0. The van der Waals surface area contributed by atoms with Gasteiger partial charge < -0.3 is 15.8 Å². The molecule has 0 saturated heterocycles. The third kappa shape index (κ3) is 3.99. The number of hydrogen-bond acceptors (Lipinski definition) is 3. The van der Waals surface area contributed by atoms with E-state index in [2.05, 4.69) is 5.32 Å². The molecule has 0 aliphatic heterocycles. The van der Waals surface area contributed by atoms with Gasteiger partial charge in [-0.1, -0.05) is 12.1 Å². The minimum atomic E-state index is -0.184. The van der Waals surface area contributed by atoms with E-state index in [1.807, 2.05) is 57.2 Å². The minimum Gasteiger partial charge on any atom is -0.483 e. The zero-order valence-electron chi connectivity index (χ0n) is 12.6. The number of hydrogen-bond donors (Lipinski definition) is 2. The van der Waals surface area contributed by atoms with Crippen LogP contribution in [0.5, 0.6) is 5.75 Å². The number of benzene rings is 2. The van der Waals surface area contributed by atoms with Crippen LogP contribution in [-0.4, -0.2) is 12.5 Å². The van der Waals surface area contributed by atoms with Crippen molar-refractivity contribution in [3.63, 3.8) is 0 Å². The number of carbonyl (C=O) groups excluding carboxylic acids is 1. The molecular formula is C17H20N2O2. The number of rotatable bonds is 4. The third-order valence-electron chi connectivity index (χ3n) is 3.13. The number of nitrogens with one attached hydrogen (secondary N) is 1. The molecule has 0 spiro atoms. The summed E-state index contributed by atoms with van der Waals surface area (Å²) in [5.74, 6) is 0.528. The Morgan fingerprint density at radius 2 is 1.81 bits per heavy atom. The van der Waals surface area contributed by atoms with Crippen LogP contribution in [0.25, 0.3) is 0 Å². The zero-order valence-corrected chi connectivity index (χ0v) is 12.6. The van der Waals surface area contributed by atoms with Crippen molar-refractivity contribution in [3.05, 3.63) is 53.1 Å². The molecule has 0 saturated carbocycles. The van der Waals surface area contributed by atoms with Gasteiger partial charge >= 0.3 is 0 Å². The first-order valence-corrected chi connectivity index (χ1v) is 6.82. The van der Waals surface area contributed by atoms with E-state index in [9.17, 15) is 4.79 Å². The second-order valence-electron chi connectivity index (χ2n) is 5.19. The Morgan fingerprint density at radius 3 is 2.43 bits per heavy atom. The van der Waals surface area contributed by atoms with Crippen LogP contribution in [0.15, 0.2) is 36.4 Å². The van der Waals surface area contributed by atoms with Crippen molar-refractivity contribution >= 4 is 17.3 Å². The first kappa shape index (κ1) is 14.9. The lowest BCUT2D eigenvalue weighted by molar-refractivity contribution is -0.118. The van der Waals surface area contributed by atoms with Gasteiger partial charge in [-0.3, -0.25) is 4.79 Å². The highest BCUT2D eigenvalue weighted by molar-refractivity contribution is 5.92. The molecule has 0 bridgehead atoms. The maximum atomic E-state index is 11.9. The molecule has 0 radical (unpaired) electrons. The van der Waals surface area contributed by atoms with Crippen molar-refractivity contribution in [2.45, 2.75) is 20.8 Å². The molecule has 3 N–H and O–H groups in total. The molecule has 0 atom stereocenters. The lowest BCUT2D eigenvalue weighted by Crippen LogP contribution is -2.20. The molecule has 4 heteroatoms. The molecular weight excluding hydrogens is 264 g/mol. The summed E-state index contributed by atoms with van der Waals surface area (Å²) in [6.45, 7) is 5.78. The van der Waals surface area contributed by atoms with Crippen LogP contribution in [0.4, 0.5) is 11.4 Å². The summed E-state index contributed by atoms with van der Waals surface area (Å²) in [5.41, 5.74) is 10.2. The van der Waals surface area contributed by atoms with E-state index in [1.54, 1.807) is 0 Å². The van der Waals surface area contributed by atoms with Gasteiger partial charge in [0.25, 0.3) is 5.91 Å². The Morgan fingerprint density at radius 1 is 1.14 bits per heavy atom. The average molecular weight is 284 g/mol. The Labute approximate surface area is 124 Å². The SMILES string of the molecule is Cc1cccc(NC(=O)COc2c(C)cc(N)cc2C)c1. The summed E-state index contributed by atoms with van der Waals surface area (Å²) < 4.78 is 5.62. The Bertz CT molecular complexity index is 643. The van der Waals surface area contributed by atoms with E-state index in [4.69, 9.17) is 10.5 Å². The standard InChI is InChI=1S/C17H20N2O2/c1-11-5-4-6-15(7-11)19-16(20)10-21-17-12(2)8-14(18)9-13(17)3/h4-9H,10,18H2,1-3H3,(H,19,20). The van der Waals surface area contributed by atoms with Crippen LogP contribution in [-0.2, 0) is 4.79 Å². The number of nitrogen functional groups attached to an aromatic ring is 1. The van der Waals surface area contributed by atoms with Crippen molar-refractivity contribution < 1.29 is 9.53 Å². The lowest BCUT2D eigenvalue weighted by atomic mass is 10.1. The summed E-state index contributed by atoms with van der Waals surface area (Å²) >= 11 is 0. The van der Waals surface area contributed by atoms with E-state index in [-0.39, 0.29) is 12.5 Å². The smallest absolute Gasteiger partial charge is 0.262 e. The van der Waals surface area contributed by atoms with Crippen molar-refractivity contribution in [1.82, 2.24) is 0 Å². The largest absolute Gasteiger partial charge is 0.483 e. The van der Waals surface area contributed by atoms with Gasteiger partial charge in [-0.2, -0.15) is 0 Å². The van der Waals surface area contributed by atoms with E-state index < -0.39 is 0 Å². The Balaban J connectivity index is 1.99. The highest BCUT2D eigenvalue weighted by Crippen LogP contribution is 2.25. The number of ether oxygens (including phenoxy) is 1. The predicted molar refractivity (Wildman–Crippen MR) is 85.6 cm³/mol. The summed E-state index contributed by atoms with van der Waals surface area (Å²) in [4.78, 5) is 11.9. The normalized spacial score (nSPS) is 10.2. The molecule has 4 nitrogen and oxygen atoms in total. The van der Waals surface area contributed by atoms with Crippen LogP contribution < -0.4 is 15.8 Å². The highest BCUT2D eigenvalue weighted by Gasteiger charge is 2.09. The lowest BCUT2D eigenvalue weighted by Gasteiger charge is -2.13. The molecule has 1 amide bonds. The summed E-state index contributed by atoms with van der Waals surface area (Å²) in [5, 5.41) is 2.81. The molecule has 0 unspecified atom stereocenters. The Hall–Kier alpha value is -2.49. The van der Waals surface area contributed by atoms with Crippen molar-refractivity contribution in [2.75, 3.05) is 17.7 Å². The average Bonchev–Trinajstić information content (AvgIpc) is 2.37. The minimum absolute atomic E-state index is 0.0282. The number of carbonyl (C=O) groups is 1. The molecule has 2 aromatic rings. The molecule has 0 fully saturated rings. The van der Waals surface area contributed by atoms with Crippen LogP contribution in [0, 0.1) is 20.8 Å². The van der Waals surface area contributed by atoms with Gasteiger partial charge in [-0.15, -0.1) is 0 Å². The predicted octanol–water partition coefficient (Wildman–Crippen LogP) is 3.21. The van der Waals surface area contributed by atoms with Gasteiger partial charge in [-0.05, 0) is 61.7 Å². The number of aryl methyl sites for hydroxylation is 3. The van der Waals surface area contributed by atoms with Gasteiger partial charge in [0.2, 0.25) is 0 Å². The van der Waals surface area contributed by atoms with Crippen LogP contribution in [0.1, 0.15) is 16.7 Å².